The highest BCUT2D eigenvalue weighted by atomic mass is 32.2. The molecule has 0 bridgehead atoms. The van der Waals surface area contributed by atoms with E-state index in [1.165, 1.54) is 7.05 Å². The molecule has 0 amide bonds. The molecule has 1 aliphatic heterocycles. The highest BCUT2D eigenvalue weighted by Gasteiger charge is 2.34. The second-order valence-electron chi connectivity index (χ2n) is 5.84. The summed E-state index contributed by atoms with van der Waals surface area (Å²) in [6, 6.07) is 15.6. The topological polar surface area (TPSA) is 58.6 Å². The summed E-state index contributed by atoms with van der Waals surface area (Å²) in [6.07, 6.45) is 1.32. The van der Waals surface area contributed by atoms with Gasteiger partial charge in [-0.2, -0.15) is 12.7 Å². The normalized spacial score (nSPS) is 18.2. The van der Waals surface area contributed by atoms with E-state index in [2.05, 4.69) is 4.72 Å². The quantitative estimate of drug-likeness (QED) is 0.904. The molecule has 1 N–H and O–H groups in total. The number of hydrogen-bond acceptors (Lipinski definition) is 3. The van der Waals surface area contributed by atoms with Gasteiger partial charge in [0, 0.05) is 13.6 Å². The first kappa shape index (κ1) is 17.0. The van der Waals surface area contributed by atoms with Crippen molar-refractivity contribution >= 4 is 10.2 Å². The molecule has 0 aromatic heterocycles. The maximum Gasteiger partial charge on any atom is 0.279 e. The SMILES string of the molecule is CNS(=O)(=O)N1CCc2cc(OC)ccc2C1Cc1ccccc1. The van der Waals surface area contributed by atoms with Crippen molar-refractivity contribution in [1.82, 2.24) is 9.03 Å². The predicted octanol–water partition coefficient (Wildman–Crippen LogP) is 2.30. The van der Waals surface area contributed by atoms with Crippen molar-refractivity contribution in [2.75, 3.05) is 20.7 Å². The van der Waals surface area contributed by atoms with Crippen molar-refractivity contribution in [2.45, 2.75) is 18.9 Å². The van der Waals surface area contributed by atoms with Crippen LogP contribution in [-0.4, -0.2) is 33.4 Å². The fourth-order valence-electron chi connectivity index (χ4n) is 3.25. The van der Waals surface area contributed by atoms with Gasteiger partial charge in [-0.3, -0.25) is 0 Å². The summed E-state index contributed by atoms with van der Waals surface area (Å²) in [5.41, 5.74) is 3.31. The van der Waals surface area contributed by atoms with Gasteiger partial charge in [-0.05, 0) is 41.7 Å². The van der Waals surface area contributed by atoms with Crippen molar-refractivity contribution in [3.8, 4) is 5.75 Å². The van der Waals surface area contributed by atoms with Crippen LogP contribution in [0.3, 0.4) is 0 Å². The Labute approximate surface area is 143 Å². The minimum Gasteiger partial charge on any atom is -0.497 e. The van der Waals surface area contributed by atoms with Gasteiger partial charge in [-0.1, -0.05) is 36.4 Å². The zero-order chi connectivity index (χ0) is 17.2. The second kappa shape index (κ2) is 6.93. The number of fused-ring (bicyclic) bond motifs is 1. The van der Waals surface area contributed by atoms with Crippen molar-refractivity contribution in [2.24, 2.45) is 0 Å². The van der Waals surface area contributed by atoms with Crippen molar-refractivity contribution in [3.05, 3.63) is 65.2 Å². The highest BCUT2D eigenvalue weighted by molar-refractivity contribution is 7.87. The van der Waals surface area contributed by atoms with Gasteiger partial charge in [0.1, 0.15) is 5.75 Å². The van der Waals surface area contributed by atoms with Crippen LogP contribution in [0.1, 0.15) is 22.7 Å². The van der Waals surface area contributed by atoms with Crippen LogP contribution in [0.5, 0.6) is 5.75 Å². The Bertz CT molecular complexity index is 806. The molecule has 24 heavy (non-hydrogen) atoms. The number of methoxy groups -OCH3 is 1. The monoisotopic (exact) mass is 346 g/mol. The molecule has 1 unspecified atom stereocenters. The van der Waals surface area contributed by atoms with Gasteiger partial charge in [-0.25, -0.2) is 4.72 Å². The molecule has 0 spiro atoms. The van der Waals surface area contributed by atoms with E-state index in [-0.39, 0.29) is 6.04 Å². The minimum atomic E-state index is -3.50. The lowest BCUT2D eigenvalue weighted by atomic mass is 9.90. The molecule has 5 nitrogen and oxygen atoms in total. The molecular weight excluding hydrogens is 324 g/mol. The Morgan fingerprint density at radius 1 is 1.21 bits per heavy atom. The Kier molecular flexibility index (Phi) is 4.89. The van der Waals surface area contributed by atoms with E-state index in [9.17, 15) is 8.42 Å². The lowest BCUT2D eigenvalue weighted by molar-refractivity contribution is 0.302. The minimum absolute atomic E-state index is 0.223. The van der Waals surface area contributed by atoms with E-state index in [4.69, 9.17) is 4.74 Å². The highest BCUT2D eigenvalue weighted by Crippen LogP contribution is 2.35. The first-order chi connectivity index (χ1) is 11.5. The zero-order valence-electron chi connectivity index (χ0n) is 13.9. The summed E-state index contributed by atoms with van der Waals surface area (Å²) in [5, 5.41) is 0. The van der Waals surface area contributed by atoms with Crippen LogP contribution in [0.15, 0.2) is 48.5 Å². The second-order valence-corrected chi connectivity index (χ2v) is 7.67. The summed E-state index contributed by atoms with van der Waals surface area (Å²) in [6.45, 7) is 0.459. The summed E-state index contributed by atoms with van der Waals surface area (Å²) in [7, 11) is -0.397. The third kappa shape index (κ3) is 3.31. The smallest absolute Gasteiger partial charge is 0.279 e. The molecule has 3 rings (SSSR count). The van der Waals surface area contributed by atoms with Crippen LogP contribution < -0.4 is 9.46 Å². The number of nitrogens with one attached hydrogen (secondary N) is 1. The molecule has 2 aromatic carbocycles. The number of rotatable bonds is 5. The van der Waals surface area contributed by atoms with Crippen LogP contribution in [0.25, 0.3) is 0 Å². The first-order valence-corrected chi connectivity index (χ1v) is 9.40. The van der Waals surface area contributed by atoms with E-state index < -0.39 is 10.2 Å². The summed E-state index contributed by atoms with van der Waals surface area (Å²) in [5.74, 6) is 0.803. The van der Waals surface area contributed by atoms with E-state index in [0.717, 1.165) is 22.4 Å². The largest absolute Gasteiger partial charge is 0.497 e. The van der Waals surface area contributed by atoms with Crippen molar-refractivity contribution in [1.29, 1.82) is 0 Å². The predicted molar refractivity (Wildman–Crippen MR) is 94.3 cm³/mol. The van der Waals surface area contributed by atoms with Gasteiger partial charge < -0.3 is 4.74 Å². The zero-order valence-corrected chi connectivity index (χ0v) is 14.7. The van der Waals surface area contributed by atoms with Gasteiger partial charge in [0.2, 0.25) is 0 Å². The first-order valence-electron chi connectivity index (χ1n) is 7.96. The maximum atomic E-state index is 12.5. The molecule has 1 heterocycles. The lowest BCUT2D eigenvalue weighted by Gasteiger charge is -2.36. The van der Waals surface area contributed by atoms with E-state index >= 15 is 0 Å². The van der Waals surface area contributed by atoms with Gasteiger partial charge >= 0.3 is 0 Å². The number of benzene rings is 2. The summed E-state index contributed by atoms with van der Waals surface area (Å²) >= 11 is 0. The van der Waals surface area contributed by atoms with E-state index in [1.807, 2.05) is 48.5 Å². The summed E-state index contributed by atoms with van der Waals surface area (Å²) in [4.78, 5) is 0. The van der Waals surface area contributed by atoms with Gasteiger partial charge in [-0.15, -0.1) is 0 Å². The van der Waals surface area contributed by atoms with Crippen LogP contribution in [0, 0.1) is 0 Å². The van der Waals surface area contributed by atoms with Gasteiger partial charge in [0.25, 0.3) is 10.2 Å². The number of hydrogen-bond donors (Lipinski definition) is 1. The summed E-state index contributed by atoms with van der Waals surface area (Å²) < 4.78 is 34.3. The fourth-order valence-corrected chi connectivity index (χ4v) is 4.34. The standard InChI is InChI=1S/C18H22N2O3S/c1-19-24(21,22)20-11-10-15-13-16(23-2)8-9-17(15)18(20)12-14-6-4-3-5-7-14/h3-9,13,18-19H,10-12H2,1-2H3. The van der Waals surface area contributed by atoms with Crippen LogP contribution in [0.4, 0.5) is 0 Å². The Morgan fingerprint density at radius 3 is 2.62 bits per heavy atom. The average Bonchev–Trinajstić information content (AvgIpc) is 2.62. The van der Waals surface area contributed by atoms with Gasteiger partial charge in [0.05, 0.1) is 13.2 Å². The molecule has 0 saturated heterocycles. The van der Waals surface area contributed by atoms with E-state index in [1.54, 1.807) is 11.4 Å². The molecule has 1 aliphatic rings. The third-order valence-corrected chi connectivity index (χ3v) is 6.07. The van der Waals surface area contributed by atoms with Crippen LogP contribution in [0.2, 0.25) is 0 Å². The van der Waals surface area contributed by atoms with Gasteiger partial charge in [0.15, 0.2) is 0 Å². The van der Waals surface area contributed by atoms with Crippen molar-refractivity contribution in [3.63, 3.8) is 0 Å². The van der Waals surface area contributed by atoms with Crippen LogP contribution in [-0.2, 0) is 23.1 Å². The molecule has 6 heteroatoms. The molecular formula is C18H22N2O3S. The molecule has 1 atom stereocenters. The molecule has 0 radical (unpaired) electrons. The third-order valence-electron chi connectivity index (χ3n) is 4.50. The number of nitrogens with zero attached hydrogens (tertiary/aromatic N) is 1. The molecule has 0 aliphatic carbocycles. The van der Waals surface area contributed by atoms with Crippen molar-refractivity contribution < 1.29 is 13.2 Å². The fraction of sp³-hybridized carbons (Fsp3) is 0.333. The lowest BCUT2D eigenvalue weighted by Crippen LogP contribution is -2.45. The molecule has 0 saturated carbocycles. The number of ether oxygens (including phenoxy) is 1. The Hall–Kier alpha value is -1.89. The molecule has 0 fully saturated rings. The Morgan fingerprint density at radius 2 is 1.96 bits per heavy atom. The maximum absolute atomic E-state index is 12.5. The molecule has 2 aromatic rings. The average molecular weight is 346 g/mol. The molecule has 128 valence electrons. The van der Waals surface area contributed by atoms with E-state index in [0.29, 0.717) is 19.4 Å². The Balaban J connectivity index is 2.03. The van der Waals surface area contributed by atoms with Crippen LogP contribution >= 0.6 is 0 Å².